The molecule has 0 aliphatic carbocycles. The molecular formula is C19H15NO2. The van der Waals surface area contributed by atoms with E-state index in [9.17, 15) is 4.79 Å². The van der Waals surface area contributed by atoms with E-state index in [1.165, 1.54) is 16.2 Å². The molecule has 4 aromatic rings. The molecule has 0 saturated carbocycles. The Labute approximate surface area is 127 Å². The van der Waals surface area contributed by atoms with Crippen molar-refractivity contribution < 1.29 is 9.53 Å². The van der Waals surface area contributed by atoms with Crippen LogP contribution in [-0.2, 0) is 4.79 Å². The van der Waals surface area contributed by atoms with Crippen molar-refractivity contribution in [2.24, 2.45) is 5.73 Å². The number of nitrogens with two attached hydrogens (primary N) is 1. The number of ether oxygens (including phenoxy) is 1. The normalized spacial score (nSPS) is 13.0. The Morgan fingerprint density at radius 2 is 1.50 bits per heavy atom. The van der Waals surface area contributed by atoms with Crippen LogP contribution in [0.1, 0.15) is 6.92 Å². The van der Waals surface area contributed by atoms with Crippen molar-refractivity contribution >= 4 is 38.3 Å². The first-order valence-corrected chi connectivity index (χ1v) is 7.29. The Morgan fingerprint density at radius 3 is 2.18 bits per heavy atom. The highest BCUT2D eigenvalue weighted by atomic mass is 16.5. The maximum absolute atomic E-state index is 11.8. The summed E-state index contributed by atoms with van der Waals surface area (Å²) in [5, 5.41) is 6.79. The van der Waals surface area contributed by atoms with Gasteiger partial charge in [0.05, 0.1) is 0 Å². The van der Waals surface area contributed by atoms with Gasteiger partial charge in [0.15, 0.2) is 0 Å². The molecule has 1 atom stereocenters. The Kier molecular flexibility index (Phi) is 2.78. The van der Waals surface area contributed by atoms with Gasteiger partial charge in [0.2, 0.25) is 0 Å². The summed E-state index contributed by atoms with van der Waals surface area (Å²) in [6, 6.07) is 17.7. The molecule has 0 spiro atoms. The highest BCUT2D eigenvalue weighted by Gasteiger charge is 2.15. The molecule has 3 nitrogen and oxygen atoms in total. The van der Waals surface area contributed by atoms with Crippen molar-refractivity contribution in [2.75, 3.05) is 0 Å². The van der Waals surface area contributed by atoms with E-state index in [1.54, 1.807) is 6.92 Å². The summed E-state index contributed by atoms with van der Waals surface area (Å²) in [5.74, 6) is 0.142. The van der Waals surface area contributed by atoms with Crippen molar-refractivity contribution in [3.8, 4) is 5.75 Å². The number of benzene rings is 4. The monoisotopic (exact) mass is 289 g/mol. The molecule has 0 heterocycles. The predicted molar refractivity (Wildman–Crippen MR) is 89.4 cm³/mol. The van der Waals surface area contributed by atoms with Crippen molar-refractivity contribution in [2.45, 2.75) is 13.0 Å². The third-order valence-electron chi connectivity index (χ3n) is 4.07. The van der Waals surface area contributed by atoms with Gasteiger partial charge in [-0.05, 0) is 40.6 Å². The second-order valence-electron chi connectivity index (χ2n) is 5.63. The van der Waals surface area contributed by atoms with Gasteiger partial charge >= 0.3 is 5.97 Å². The fourth-order valence-electron chi connectivity index (χ4n) is 3.00. The third kappa shape index (κ3) is 1.83. The van der Waals surface area contributed by atoms with Gasteiger partial charge in [-0.25, -0.2) is 4.79 Å². The number of hydrogen-bond acceptors (Lipinski definition) is 3. The van der Waals surface area contributed by atoms with Crippen LogP contribution in [0.4, 0.5) is 0 Å². The minimum Gasteiger partial charge on any atom is -0.425 e. The summed E-state index contributed by atoms with van der Waals surface area (Å²) >= 11 is 0. The first kappa shape index (κ1) is 13.0. The lowest BCUT2D eigenvalue weighted by molar-refractivity contribution is -0.135. The van der Waals surface area contributed by atoms with Crippen molar-refractivity contribution in [3.05, 3.63) is 54.6 Å². The van der Waals surface area contributed by atoms with Crippen LogP contribution >= 0.6 is 0 Å². The standard InChI is InChI=1S/C19H15NO2/c1-11(20)19(21)22-16-10-8-14-6-5-12-3-2-4-13-7-9-15(16)18(14)17(12)13/h2-11H,20H2,1H3/t11-/m0/s1. The van der Waals surface area contributed by atoms with Crippen molar-refractivity contribution in [3.63, 3.8) is 0 Å². The molecule has 0 aliphatic rings. The molecule has 3 heteroatoms. The second-order valence-corrected chi connectivity index (χ2v) is 5.63. The van der Waals surface area contributed by atoms with E-state index < -0.39 is 12.0 Å². The highest BCUT2D eigenvalue weighted by molar-refractivity contribution is 6.24. The Balaban J connectivity index is 2.06. The molecule has 0 bridgehead atoms. The van der Waals surface area contributed by atoms with E-state index in [0.717, 1.165) is 16.2 Å². The summed E-state index contributed by atoms with van der Waals surface area (Å²) in [6.07, 6.45) is 0. The maximum atomic E-state index is 11.8. The largest absolute Gasteiger partial charge is 0.425 e. The topological polar surface area (TPSA) is 52.3 Å². The lowest BCUT2D eigenvalue weighted by Gasteiger charge is -2.14. The van der Waals surface area contributed by atoms with E-state index in [-0.39, 0.29) is 0 Å². The Hall–Kier alpha value is -2.65. The van der Waals surface area contributed by atoms with Gasteiger partial charge in [-0.15, -0.1) is 0 Å². The van der Waals surface area contributed by atoms with Gasteiger partial charge in [-0.2, -0.15) is 0 Å². The van der Waals surface area contributed by atoms with Crippen LogP contribution in [0.3, 0.4) is 0 Å². The lowest BCUT2D eigenvalue weighted by Crippen LogP contribution is -2.30. The van der Waals surface area contributed by atoms with Gasteiger partial charge in [0.25, 0.3) is 0 Å². The van der Waals surface area contributed by atoms with E-state index in [4.69, 9.17) is 10.5 Å². The number of esters is 1. The van der Waals surface area contributed by atoms with E-state index in [2.05, 4.69) is 36.4 Å². The van der Waals surface area contributed by atoms with Crippen LogP contribution in [0.2, 0.25) is 0 Å². The summed E-state index contributed by atoms with van der Waals surface area (Å²) in [6.45, 7) is 1.62. The zero-order valence-electron chi connectivity index (χ0n) is 12.2. The summed E-state index contributed by atoms with van der Waals surface area (Å²) < 4.78 is 5.47. The molecule has 108 valence electrons. The molecule has 0 radical (unpaired) electrons. The molecule has 0 saturated heterocycles. The first-order valence-electron chi connectivity index (χ1n) is 7.29. The van der Waals surface area contributed by atoms with Crippen LogP contribution in [0, 0.1) is 0 Å². The molecule has 22 heavy (non-hydrogen) atoms. The molecule has 4 aromatic carbocycles. The Morgan fingerprint density at radius 1 is 0.909 bits per heavy atom. The van der Waals surface area contributed by atoms with Crippen LogP contribution in [0.25, 0.3) is 32.3 Å². The molecule has 0 aromatic heterocycles. The maximum Gasteiger partial charge on any atom is 0.328 e. The molecule has 2 N–H and O–H groups in total. The fraction of sp³-hybridized carbons (Fsp3) is 0.105. The van der Waals surface area contributed by atoms with Gasteiger partial charge in [0.1, 0.15) is 11.8 Å². The zero-order valence-corrected chi connectivity index (χ0v) is 12.2. The average molecular weight is 289 g/mol. The number of carbonyl (C=O) groups is 1. The molecule has 0 amide bonds. The molecule has 0 unspecified atom stereocenters. The third-order valence-corrected chi connectivity index (χ3v) is 4.07. The van der Waals surface area contributed by atoms with Gasteiger partial charge in [-0.1, -0.05) is 42.5 Å². The highest BCUT2D eigenvalue weighted by Crippen LogP contribution is 2.38. The van der Waals surface area contributed by atoms with Gasteiger partial charge in [-0.3, -0.25) is 0 Å². The fourth-order valence-corrected chi connectivity index (χ4v) is 3.00. The van der Waals surface area contributed by atoms with E-state index in [1.807, 2.05) is 18.2 Å². The van der Waals surface area contributed by atoms with Crippen molar-refractivity contribution in [1.82, 2.24) is 0 Å². The SMILES string of the molecule is C[C@H](N)C(=O)Oc1ccc2ccc3cccc4ccc1c2c34. The van der Waals surface area contributed by atoms with Crippen LogP contribution in [0.15, 0.2) is 54.6 Å². The minimum absolute atomic E-state index is 0.421. The van der Waals surface area contributed by atoms with Gasteiger partial charge < -0.3 is 10.5 Å². The summed E-state index contributed by atoms with van der Waals surface area (Å²) in [7, 11) is 0. The van der Waals surface area contributed by atoms with Gasteiger partial charge in [0, 0.05) is 10.8 Å². The quantitative estimate of drug-likeness (QED) is 0.346. The number of carbonyl (C=O) groups excluding carboxylic acids is 1. The molecular weight excluding hydrogens is 274 g/mol. The second kappa shape index (κ2) is 4.68. The smallest absolute Gasteiger partial charge is 0.328 e. The zero-order chi connectivity index (χ0) is 15.3. The average Bonchev–Trinajstić information content (AvgIpc) is 2.53. The van der Waals surface area contributed by atoms with Crippen LogP contribution in [-0.4, -0.2) is 12.0 Å². The van der Waals surface area contributed by atoms with E-state index in [0.29, 0.717) is 5.75 Å². The molecule has 0 fully saturated rings. The Bertz CT molecular complexity index is 988. The molecule has 4 rings (SSSR count). The number of hydrogen-bond donors (Lipinski definition) is 1. The summed E-state index contributed by atoms with van der Waals surface area (Å²) in [5.41, 5.74) is 5.60. The van der Waals surface area contributed by atoms with E-state index >= 15 is 0 Å². The first-order chi connectivity index (χ1) is 10.6. The predicted octanol–water partition coefficient (Wildman–Crippen LogP) is 3.84. The molecule has 0 aliphatic heterocycles. The minimum atomic E-state index is -0.640. The van der Waals surface area contributed by atoms with Crippen LogP contribution in [0.5, 0.6) is 5.75 Å². The van der Waals surface area contributed by atoms with Crippen LogP contribution < -0.4 is 10.5 Å². The lowest BCUT2D eigenvalue weighted by atomic mass is 9.94. The summed E-state index contributed by atoms with van der Waals surface area (Å²) in [4.78, 5) is 11.8. The van der Waals surface area contributed by atoms with Crippen molar-refractivity contribution in [1.29, 1.82) is 0 Å². The number of rotatable bonds is 2.